The number of carboxylic acid groups (broad SMARTS) is 2. The minimum atomic E-state index is -1.82. The summed E-state index contributed by atoms with van der Waals surface area (Å²) in [6, 6.07) is 0.562. The fourth-order valence-corrected chi connectivity index (χ4v) is 1.19. The molecule has 1 fully saturated rings. The van der Waals surface area contributed by atoms with Gasteiger partial charge in [-0.15, -0.1) is 0 Å². The third kappa shape index (κ3) is 11.0. The van der Waals surface area contributed by atoms with Gasteiger partial charge in [0.25, 0.3) is 0 Å². The smallest absolute Gasteiger partial charge is 1.00 e. The van der Waals surface area contributed by atoms with Crippen molar-refractivity contribution < 1.29 is 71.9 Å². The summed E-state index contributed by atoms with van der Waals surface area (Å²) in [5, 5.41) is 14.8. The van der Waals surface area contributed by atoms with Gasteiger partial charge in [0.15, 0.2) is 0 Å². The Bertz CT molecular complexity index is 202. The van der Waals surface area contributed by atoms with E-state index in [1.165, 1.54) is 12.8 Å². The molecule has 1 rings (SSSR count). The SMILES string of the molecule is N[C@@H]1CCCC[C@H]1N.O=C(O)C(=O)O.[H-].[Na+].[Pt]. The molecule has 8 heteroatoms. The fraction of sp³-hybridized carbons (Fsp3) is 0.750. The second-order valence-corrected chi connectivity index (χ2v) is 3.22. The Balaban J connectivity index is -0.0000000873. The summed E-state index contributed by atoms with van der Waals surface area (Å²) in [6.45, 7) is 0. The van der Waals surface area contributed by atoms with Gasteiger partial charge < -0.3 is 23.1 Å². The van der Waals surface area contributed by atoms with Crippen LogP contribution in [0.4, 0.5) is 0 Å². The molecule has 1 aliphatic carbocycles. The Kier molecular flexibility index (Phi) is 16.4. The molecule has 0 saturated heterocycles. The molecule has 6 N–H and O–H groups in total. The van der Waals surface area contributed by atoms with E-state index in [1.54, 1.807) is 0 Å². The molecule has 6 nitrogen and oxygen atoms in total. The van der Waals surface area contributed by atoms with E-state index in [0.29, 0.717) is 0 Å². The van der Waals surface area contributed by atoms with Gasteiger partial charge >= 0.3 is 41.5 Å². The van der Waals surface area contributed by atoms with Crippen LogP contribution in [0.3, 0.4) is 0 Å². The molecular formula is C8H17N2NaO4Pt. The zero-order valence-electron chi connectivity index (χ0n) is 10.2. The van der Waals surface area contributed by atoms with Crippen molar-refractivity contribution >= 4 is 11.9 Å². The number of carboxylic acids is 2. The first kappa shape index (κ1) is 21.8. The molecule has 1 aliphatic rings. The fourth-order valence-electron chi connectivity index (χ4n) is 1.19. The Morgan fingerprint density at radius 2 is 1.25 bits per heavy atom. The zero-order chi connectivity index (χ0) is 11.1. The number of hydrogen-bond donors (Lipinski definition) is 4. The van der Waals surface area contributed by atoms with Crippen molar-refractivity contribution in [3.8, 4) is 0 Å². The largest absolute Gasteiger partial charge is 1.00 e. The average Bonchev–Trinajstić information content (AvgIpc) is 2.11. The number of carbonyl (C=O) groups is 2. The van der Waals surface area contributed by atoms with Gasteiger partial charge in [0.2, 0.25) is 0 Å². The Hall–Kier alpha value is 0.548. The van der Waals surface area contributed by atoms with Crippen LogP contribution in [0.2, 0.25) is 0 Å². The van der Waals surface area contributed by atoms with Gasteiger partial charge in [-0.3, -0.25) is 0 Å². The van der Waals surface area contributed by atoms with Crippen LogP contribution in [0.5, 0.6) is 0 Å². The van der Waals surface area contributed by atoms with E-state index in [-0.39, 0.29) is 64.1 Å². The quantitative estimate of drug-likeness (QED) is 0.237. The summed E-state index contributed by atoms with van der Waals surface area (Å²) < 4.78 is 0. The van der Waals surface area contributed by atoms with E-state index < -0.39 is 11.9 Å². The molecule has 0 aliphatic heterocycles. The topological polar surface area (TPSA) is 127 Å². The van der Waals surface area contributed by atoms with Crippen molar-refractivity contribution in [2.45, 2.75) is 37.8 Å². The molecule has 0 unspecified atom stereocenters. The van der Waals surface area contributed by atoms with Crippen LogP contribution < -0.4 is 41.0 Å². The van der Waals surface area contributed by atoms with Gasteiger partial charge in [0.1, 0.15) is 0 Å². The average molecular weight is 423 g/mol. The van der Waals surface area contributed by atoms with Crippen molar-refractivity contribution in [3.05, 3.63) is 0 Å². The monoisotopic (exact) mass is 423 g/mol. The summed E-state index contributed by atoms with van der Waals surface area (Å²) in [5.74, 6) is -3.65. The van der Waals surface area contributed by atoms with Crippen molar-refractivity contribution in [1.82, 2.24) is 0 Å². The normalized spacial score (nSPS) is 22.6. The number of nitrogens with two attached hydrogens (primary N) is 2. The van der Waals surface area contributed by atoms with Crippen LogP contribution in [-0.4, -0.2) is 34.2 Å². The molecule has 16 heavy (non-hydrogen) atoms. The van der Waals surface area contributed by atoms with Crippen molar-refractivity contribution in [1.29, 1.82) is 0 Å². The van der Waals surface area contributed by atoms with Crippen molar-refractivity contribution in [2.75, 3.05) is 0 Å². The maximum Gasteiger partial charge on any atom is 1.00 e. The summed E-state index contributed by atoms with van der Waals surface area (Å²) in [6.07, 6.45) is 4.80. The summed E-state index contributed by atoms with van der Waals surface area (Å²) in [5.41, 5.74) is 11.3. The molecule has 0 radical (unpaired) electrons. The Morgan fingerprint density at radius 3 is 1.38 bits per heavy atom. The third-order valence-corrected chi connectivity index (χ3v) is 2.06. The molecule has 0 aromatic heterocycles. The van der Waals surface area contributed by atoms with Gasteiger partial charge in [0, 0.05) is 33.1 Å². The van der Waals surface area contributed by atoms with E-state index in [2.05, 4.69) is 0 Å². The van der Waals surface area contributed by atoms with E-state index in [1.807, 2.05) is 0 Å². The summed E-state index contributed by atoms with van der Waals surface area (Å²) in [4.78, 5) is 18.2. The first-order valence-corrected chi connectivity index (χ1v) is 4.42. The van der Waals surface area contributed by atoms with Gasteiger partial charge in [-0.25, -0.2) is 9.59 Å². The predicted molar refractivity (Wildman–Crippen MR) is 50.8 cm³/mol. The van der Waals surface area contributed by atoms with E-state index in [9.17, 15) is 0 Å². The maximum atomic E-state index is 9.10. The first-order valence-electron chi connectivity index (χ1n) is 4.42. The van der Waals surface area contributed by atoms with E-state index >= 15 is 0 Å². The number of rotatable bonds is 0. The number of aliphatic carboxylic acids is 2. The maximum absolute atomic E-state index is 9.10. The van der Waals surface area contributed by atoms with Gasteiger partial charge in [-0.05, 0) is 12.8 Å². The van der Waals surface area contributed by atoms with E-state index in [0.717, 1.165) is 12.8 Å². The molecule has 2 atom stereocenters. The van der Waals surface area contributed by atoms with Crippen LogP contribution >= 0.6 is 0 Å². The van der Waals surface area contributed by atoms with E-state index in [4.69, 9.17) is 31.3 Å². The van der Waals surface area contributed by atoms with Crippen LogP contribution in [-0.2, 0) is 30.7 Å². The van der Waals surface area contributed by atoms with Crippen LogP contribution in [0.1, 0.15) is 27.1 Å². The molecule has 94 valence electrons. The molecule has 0 bridgehead atoms. The van der Waals surface area contributed by atoms with Crippen LogP contribution in [0.15, 0.2) is 0 Å². The van der Waals surface area contributed by atoms with Gasteiger partial charge in [-0.1, -0.05) is 12.8 Å². The predicted octanol–water partition coefficient (Wildman–Crippen LogP) is -3.52. The standard InChI is InChI=1S/C6H14N2.C2H2O4.Na.Pt.H/c7-5-3-1-2-4-6(5)8;3-1(4)2(5)6;;;/h5-6H,1-4,7-8H2;(H,3,4)(H,5,6);;;/q;;+1;;-1/t5-,6-;;;;/m1..../s1. The summed E-state index contributed by atoms with van der Waals surface area (Å²) >= 11 is 0. The second kappa shape index (κ2) is 12.0. The van der Waals surface area contributed by atoms with Gasteiger partial charge in [-0.2, -0.15) is 0 Å². The Labute approximate surface area is 132 Å². The molecule has 0 aromatic carbocycles. The number of hydrogen-bond acceptors (Lipinski definition) is 4. The molecule has 0 spiro atoms. The summed E-state index contributed by atoms with van der Waals surface area (Å²) in [7, 11) is 0. The zero-order valence-corrected chi connectivity index (χ0v) is 13.4. The molecule has 1 saturated carbocycles. The molecule has 0 amide bonds. The second-order valence-electron chi connectivity index (χ2n) is 3.22. The van der Waals surface area contributed by atoms with Crippen LogP contribution in [0, 0.1) is 0 Å². The minimum Gasteiger partial charge on any atom is -1.00 e. The van der Waals surface area contributed by atoms with Gasteiger partial charge in [0.05, 0.1) is 0 Å². The Morgan fingerprint density at radius 1 is 1.00 bits per heavy atom. The third-order valence-electron chi connectivity index (χ3n) is 2.06. The molecule has 0 aromatic rings. The molecular weight excluding hydrogens is 406 g/mol. The van der Waals surface area contributed by atoms with Crippen LogP contribution in [0.25, 0.3) is 0 Å². The van der Waals surface area contributed by atoms with Crippen molar-refractivity contribution in [3.63, 3.8) is 0 Å². The minimum absolute atomic E-state index is 0. The van der Waals surface area contributed by atoms with Crippen molar-refractivity contribution in [2.24, 2.45) is 11.5 Å². The molecule has 0 heterocycles. The first-order chi connectivity index (χ1) is 6.45.